The maximum atomic E-state index is 11.9. The van der Waals surface area contributed by atoms with E-state index in [2.05, 4.69) is 5.32 Å². The third-order valence-corrected chi connectivity index (χ3v) is 3.68. The van der Waals surface area contributed by atoms with Crippen LogP contribution in [0.4, 0.5) is 11.4 Å². The molecule has 0 atom stereocenters. The number of amides is 1. The van der Waals surface area contributed by atoms with Gasteiger partial charge in [0.1, 0.15) is 5.75 Å². The predicted octanol–water partition coefficient (Wildman–Crippen LogP) is 3.40. The molecule has 0 aliphatic carbocycles. The predicted molar refractivity (Wildman–Crippen MR) is 87.8 cm³/mol. The van der Waals surface area contributed by atoms with Gasteiger partial charge in [0.2, 0.25) is 5.91 Å². The SMILES string of the molecule is CSc1ccccc1NC(=O)CCOc1ccccc1N. The van der Waals surface area contributed by atoms with Gasteiger partial charge < -0.3 is 15.8 Å². The number of nitrogen functional groups attached to an aromatic ring is 1. The lowest BCUT2D eigenvalue weighted by Gasteiger charge is -2.10. The Morgan fingerprint density at radius 1 is 1.19 bits per heavy atom. The summed E-state index contributed by atoms with van der Waals surface area (Å²) in [6.07, 6.45) is 2.25. The van der Waals surface area contributed by atoms with Crippen LogP contribution in [0.2, 0.25) is 0 Å². The van der Waals surface area contributed by atoms with Crippen molar-refractivity contribution in [2.45, 2.75) is 11.3 Å². The Labute approximate surface area is 128 Å². The molecule has 0 aliphatic heterocycles. The van der Waals surface area contributed by atoms with Gasteiger partial charge in [-0.15, -0.1) is 11.8 Å². The fraction of sp³-hybridized carbons (Fsp3) is 0.188. The second-order valence-electron chi connectivity index (χ2n) is 4.38. The van der Waals surface area contributed by atoms with E-state index in [1.807, 2.05) is 42.7 Å². The number of hydrogen-bond acceptors (Lipinski definition) is 4. The molecule has 5 heteroatoms. The molecule has 0 aromatic heterocycles. The normalized spacial score (nSPS) is 10.1. The minimum absolute atomic E-state index is 0.0778. The molecule has 21 heavy (non-hydrogen) atoms. The molecule has 0 heterocycles. The van der Waals surface area contributed by atoms with Crippen molar-refractivity contribution in [2.24, 2.45) is 0 Å². The van der Waals surface area contributed by atoms with Crippen molar-refractivity contribution in [3.8, 4) is 5.75 Å². The minimum Gasteiger partial charge on any atom is -0.491 e. The number of rotatable bonds is 6. The highest BCUT2D eigenvalue weighted by atomic mass is 32.2. The van der Waals surface area contributed by atoms with Crippen LogP contribution >= 0.6 is 11.8 Å². The number of carbonyl (C=O) groups is 1. The number of nitrogens with one attached hydrogen (secondary N) is 1. The van der Waals surface area contributed by atoms with E-state index in [1.165, 1.54) is 0 Å². The number of hydrogen-bond donors (Lipinski definition) is 2. The fourth-order valence-electron chi connectivity index (χ4n) is 1.83. The first-order valence-electron chi connectivity index (χ1n) is 6.61. The van der Waals surface area contributed by atoms with E-state index >= 15 is 0 Å². The van der Waals surface area contributed by atoms with Crippen LogP contribution in [0.5, 0.6) is 5.75 Å². The molecule has 2 aromatic rings. The zero-order valence-electron chi connectivity index (χ0n) is 11.8. The van der Waals surface area contributed by atoms with E-state index < -0.39 is 0 Å². The topological polar surface area (TPSA) is 64.3 Å². The molecule has 0 spiro atoms. The molecule has 0 unspecified atom stereocenters. The van der Waals surface area contributed by atoms with Gasteiger partial charge in [-0.1, -0.05) is 24.3 Å². The first-order chi connectivity index (χ1) is 10.2. The number of benzene rings is 2. The Morgan fingerprint density at radius 2 is 1.90 bits per heavy atom. The third kappa shape index (κ3) is 4.43. The molecule has 110 valence electrons. The Hall–Kier alpha value is -2.14. The lowest BCUT2D eigenvalue weighted by atomic mass is 10.3. The third-order valence-electron chi connectivity index (χ3n) is 2.89. The van der Waals surface area contributed by atoms with E-state index in [0.29, 0.717) is 18.0 Å². The first-order valence-corrected chi connectivity index (χ1v) is 7.83. The average molecular weight is 302 g/mol. The van der Waals surface area contributed by atoms with E-state index in [-0.39, 0.29) is 12.3 Å². The molecule has 0 bridgehead atoms. The van der Waals surface area contributed by atoms with Gasteiger partial charge in [0.15, 0.2) is 0 Å². The number of ether oxygens (including phenoxy) is 1. The number of anilines is 2. The van der Waals surface area contributed by atoms with E-state index in [0.717, 1.165) is 10.6 Å². The molecule has 2 rings (SSSR count). The lowest BCUT2D eigenvalue weighted by Crippen LogP contribution is -2.15. The summed E-state index contributed by atoms with van der Waals surface area (Å²) in [5, 5.41) is 2.89. The van der Waals surface area contributed by atoms with Gasteiger partial charge in [-0.05, 0) is 30.5 Å². The second kappa shape index (κ2) is 7.59. The van der Waals surface area contributed by atoms with Crippen LogP contribution in [0.3, 0.4) is 0 Å². The zero-order valence-corrected chi connectivity index (χ0v) is 12.7. The number of carbonyl (C=O) groups excluding carboxylic acids is 1. The lowest BCUT2D eigenvalue weighted by molar-refractivity contribution is -0.116. The minimum atomic E-state index is -0.0778. The summed E-state index contributed by atoms with van der Waals surface area (Å²) >= 11 is 1.60. The molecule has 4 nitrogen and oxygen atoms in total. The maximum absolute atomic E-state index is 11.9. The van der Waals surface area contributed by atoms with Crippen LogP contribution in [0.25, 0.3) is 0 Å². The standard InChI is InChI=1S/C16H18N2O2S/c1-21-15-9-5-3-7-13(15)18-16(19)10-11-20-14-8-4-2-6-12(14)17/h2-9H,10-11,17H2,1H3,(H,18,19). The largest absolute Gasteiger partial charge is 0.491 e. The molecular formula is C16H18N2O2S. The number of thioether (sulfide) groups is 1. The Balaban J connectivity index is 1.84. The summed E-state index contributed by atoms with van der Waals surface area (Å²) in [5.41, 5.74) is 7.17. The van der Waals surface area contributed by atoms with Crippen LogP contribution in [-0.4, -0.2) is 18.8 Å². The quantitative estimate of drug-likeness (QED) is 0.634. The molecule has 0 aliphatic rings. The van der Waals surface area contributed by atoms with Gasteiger partial charge in [-0.2, -0.15) is 0 Å². The van der Waals surface area contributed by atoms with Gasteiger partial charge in [-0.25, -0.2) is 0 Å². The summed E-state index contributed by atoms with van der Waals surface area (Å²) in [7, 11) is 0. The van der Waals surface area contributed by atoms with Crippen molar-refractivity contribution >= 4 is 29.0 Å². The van der Waals surface area contributed by atoms with Crippen molar-refractivity contribution < 1.29 is 9.53 Å². The number of nitrogens with two attached hydrogens (primary N) is 1. The molecular weight excluding hydrogens is 284 g/mol. The van der Waals surface area contributed by atoms with E-state index in [4.69, 9.17) is 10.5 Å². The summed E-state index contributed by atoms with van der Waals surface area (Å²) in [4.78, 5) is 13.0. The van der Waals surface area contributed by atoms with Crippen LogP contribution in [0.1, 0.15) is 6.42 Å². The smallest absolute Gasteiger partial charge is 0.227 e. The summed E-state index contributed by atoms with van der Waals surface area (Å²) in [6.45, 7) is 0.293. The fourth-order valence-corrected chi connectivity index (χ4v) is 2.38. The van der Waals surface area contributed by atoms with Gasteiger partial charge in [0.25, 0.3) is 0 Å². The average Bonchev–Trinajstić information content (AvgIpc) is 2.50. The van der Waals surface area contributed by atoms with Crippen molar-refractivity contribution in [1.82, 2.24) is 0 Å². The van der Waals surface area contributed by atoms with Crippen molar-refractivity contribution in [2.75, 3.05) is 23.9 Å². The number of para-hydroxylation sites is 3. The van der Waals surface area contributed by atoms with Crippen molar-refractivity contribution in [3.05, 3.63) is 48.5 Å². The second-order valence-corrected chi connectivity index (χ2v) is 5.23. The molecule has 3 N–H and O–H groups in total. The van der Waals surface area contributed by atoms with Crippen molar-refractivity contribution in [1.29, 1.82) is 0 Å². The Bertz CT molecular complexity index is 617. The van der Waals surface area contributed by atoms with E-state index in [1.54, 1.807) is 23.9 Å². The van der Waals surface area contributed by atoms with Crippen LogP contribution in [-0.2, 0) is 4.79 Å². The molecule has 1 amide bonds. The molecule has 0 saturated carbocycles. The zero-order chi connectivity index (χ0) is 15.1. The highest BCUT2D eigenvalue weighted by Gasteiger charge is 2.07. The maximum Gasteiger partial charge on any atom is 0.227 e. The van der Waals surface area contributed by atoms with Crippen LogP contribution in [0, 0.1) is 0 Å². The van der Waals surface area contributed by atoms with E-state index in [9.17, 15) is 4.79 Å². The molecule has 0 radical (unpaired) electrons. The highest BCUT2D eigenvalue weighted by molar-refractivity contribution is 7.98. The summed E-state index contributed by atoms with van der Waals surface area (Å²) in [6, 6.07) is 15.0. The van der Waals surface area contributed by atoms with Gasteiger partial charge >= 0.3 is 0 Å². The molecule has 0 fully saturated rings. The summed E-state index contributed by atoms with van der Waals surface area (Å²) < 4.78 is 5.51. The van der Waals surface area contributed by atoms with Gasteiger partial charge in [0, 0.05) is 4.90 Å². The van der Waals surface area contributed by atoms with Crippen molar-refractivity contribution in [3.63, 3.8) is 0 Å². The Morgan fingerprint density at radius 3 is 2.67 bits per heavy atom. The Kier molecular flexibility index (Phi) is 5.51. The van der Waals surface area contributed by atoms with Gasteiger partial charge in [0.05, 0.1) is 24.4 Å². The monoisotopic (exact) mass is 302 g/mol. The first kappa shape index (κ1) is 15.3. The van der Waals surface area contributed by atoms with Crippen LogP contribution in [0.15, 0.2) is 53.4 Å². The van der Waals surface area contributed by atoms with Gasteiger partial charge in [-0.3, -0.25) is 4.79 Å². The molecule has 0 saturated heterocycles. The van der Waals surface area contributed by atoms with Crippen LogP contribution < -0.4 is 15.8 Å². The molecule has 2 aromatic carbocycles. The highest BCUT2D eigenvalue weighted by Crippen LogP contribution is 2.24. The summed E-state index contributed by atoms with van der Waals surface area (Å²) in [5.74, 6) is 0.529.